The van der Waals surface area contributed by atoms with Crippen molar-refractivity contribution >= 4 is 48.0 Å². The van der Waals surface area contributed by atoms with Crippen molar-refractivity contribution in [2.24, 2.45) is 0 Å². The topological polar surface area (TPSA) is 170 Å². The van der Waals surface area contributed by atoms with Gasteiger partial charge in [-0.25, -0.2) is 14.3 Å². The number of aromatic nitrogens is 3. The van der Waals surface area contributed by atoms with E-state index in [0.717, 1.165) is 31.9 Å². The molecule has 0 saturated heterocycles. The van der Waals surface area contributed by atoms with Crippen molar-refractivity contribution in [2.75, 3.05) is 17.7 Å². The highest BCUT2D eigenvalue weighted by atomic mass is 31.2. The van der Waals surface area contributed by atoms with Gasteiger partial charge in [0.2, 0.25) is 5.95 Å². The number of oxazole rings is 1. The normalized spacial score (nSPS) is 14.9. The summed E-state index contributed by atoms with van der Waals surface area (Å²) in [7, 11) is -3.53. The van der Waals surface area contributed by atoms with E-state index in [1.807, 2.05) is 6.92 Å². The number of rotatable bonds is 9. The van der Waals surface area contributed by atoms with Crippen LogP contribution in [0.2, 0.25) is 0 Å². The summed E-state index contributed by atoms with van der Waals surface area (Å²) in [6.07, 6.45) is 4.83. The third-order valence-electron chi connectivity index (χ3n) is 6.03. The van der Waals surface area contributed by atoms with Crippen molar-refractivity contribution in [3.8, 4) is 0 Å². The number of carbonyl (C=O) groups is 1. The number of amides is 1. The first-order valence-corrected chi connectivity index (χ1v) is 13.2. The summed E-state index contributed by atoms with van der Waals surface area (Å²) >= 11 is 0. The molecule has 1 aliphatic carbocycles. The third kappa shape index (κ3) is 5.54. The number of phosphoric acid groups is 1. The van der Waals surface area contributed by atoms with Crippen LogP contribution in [0.15, 0.2) is 57.9 Å². The quantitative estimate of drug-likeness (QED) is 0.229. The van der Waals surface area contributed by atoms with Gasteiger partial charge in [0.15, 0.2) is 5.58 Å². The van der Waals surface area contributed by atoms with Crippen LogP contribution in [0.3, 0.4) is 0 Å². The molecule has 5 rings (SSSR count). The fourth-order valence-corrected chi connectivity index (χ4v) is 4.14. The molecule has 1 amide bonds. The number of aryl methyl sites for hydroxylation is 1. The van der Waals surface area contributed by atoms with Crippen LogP contribution >= 0.6 is 7.82 Å². The molecule has 1 saturated carbocycles. The lowest BCUT2D eigenvalue weighted by atomic mass is 9.93. The maximum Gasteiger partial charge on any atom is 0.546 e. The molecule has 4 aromatic rings. The summed E-state index contributed by atoms with van der Waals surface area (Å²) in [6.45, 7) is 1.82. The number of carbonyl (C=O) groups excluding carboxylic acids is 1. The van der Waals surface area contributed by atoms with Gasteiger partial charge in [-0.2, -0.15) is 4.98 Å². The minimum Gasteiger partial charge on any atom is -0.405 e. The number of hydrogen-bond acceptors (Lipinski definition) is 10. The predicted octanol–water partition coefficient (Wildman–Crippen LogP) is 3.64. The molecule has 2 aromatic carbocycles. The van der Waals surface area contributed by atoms with Crippen molar-refractivity contribution in [3.63, 3.8) is 0 Å². The van der Waals surface area contributed by atoms with Crippen molar-refractivity contribution < 1.29 is 27.8 Å². The number of fused-ring (bicyclic) bond motifs is 1. The molecule has 4 N–H and O–H groups in total. The molecule has 0 radical (unpaired) electrons. The molecule has 14 heteroatoms. The van der Waals surface area contributed by atoms with Gasteiger partial charge in [0.1, 0.15) is 11.3 Å². The van der Waals surface area contributed by atoms with Crippen LogP contribution in [0.1, 0.15) is 35.2 Å². The average Bonchev–Trinajstić information content (AvgIpc) is 3.17. The van der Waals surface area contributed by atoms with Gasteiger partial charge in [-0.3, -0.25) is 14.2 Å². The highest BCUT2D eigenvalue weighted by Crippen LogP contribution is 2.38. The lowest BCUT2D eigenvalue weighted by Crippen LogP contribution is -2.39. The number of phosphoric ester groups is 1. The average molecular weight is 540 g/mol. The van der Waals surface area contributed by atoms with E-state index in [4.69, 9.17) is 9.04 Å². The summed E-state index contributed by atoms with van der Waals surface area (Å²) in [5.74, 6) is -0.287. The molecule has 0 aliphatic heterocycles. The summed E-state index contributed by atoms with van der Waals surface area (Å²) < 4.78 is 26.6. The van der Waals surface area contributed by atoms with E-state index in [2.05, 4.69) is 30.4 Å². The van der Waals surface area contributed by atoms with Crippen molar-refractivity contribution in [2.45, 2.75) is 32.2 Å². The van der Waals surface area contributed by atoms with Crippen LogP contribution in [0.4, 0.5) is 23.1 Å². The standard InChI is InChI=1S/C24H25N6O7P/c1-14-13-25-23(28-17-8-6-15(7-9-17)22(31)27-16-4-3-5-16)29-21(14)26-18-10-11-20-19(12-18)30(24(32)36-20)37-38(33,34)35-2/h6-13,16H,3-5H2,1-2H3,(H,27,31)(H,33,34)(H2,25,26,28,29). The van der Waals surface area contributed by atoms with E-state index in [0.29, 0.717) is 33.4 Å². The van der Waals surface area contributed by atoms with E-state index in [1.54, 1.807) is 36.5 Å². The van der Waals surface area contributed by atoms with E-state index in [-0.39, 0.29) is 23.0 Å². The lowest BCUT2D eigenvalue weighted by Gasteiger charge is -2.26. The number of hydrogen-bond donors (Lipinski definition) is 4. The first-order valence-electron chi connectivity index (χ1n) is 11.7. The molecular weight excluding hydrogens is 515 g/mol. The van der Waals surface area contributed by atoms with Crippen molar-refractivity contribution in [3.05, 3.63) is 70.3 Å². The molecule has 1 fully saturated rings. The second-order valence-corrected chi connectivity index (χ2v) is 10.2. The summed E-state index contributed by atoms with van der Waals surface area (Å²) in [5.41, 5.74) is 2.76. The first kappa shape index (κ1) is 25.5. The second kappa shape index (κ2) is 10.3. The first-order chi connectivity index (χ1) is 18.2. The molecule has 0 spiro atoms. The van der Waals surface area contributed by atoms with Crippen molar-refractivity contribution in [1.82, 2.24) is 20.0 Å². The summed E-state index contributed by atoms with van der Waals surface area (Å²) in [5, 5.41) is 9.26. The third-order valence-corrected chi connectivity index (χ3v) is 6.87. The number of anilines is 4. The zero-order chi connectivity index (χ0) is 26.9. The van der Waals surface area contributed by atoms with E-state index in [1.165, 1.54) is 12.1 Å². The van der Waals surface area contributed by atoms with Gasteiger partial charge in [0, 0.05) is 41.9 Å². The number of benzene rings is 2. The van der Waals surface area contributed by atoms with Gasteiger partial charge in [-0.15, -0.1) is 0 Å². The molecule has 1 unspecified atom stereocenters. The molecule has 2 aromatic heterocycles. The molecule has 1 atom stereocenters. The van der Waals surface area contributed by atoms with Gasteiger partial charge in [0.25, 0.3) is 5.91 Å². The van der Waals surface area contributed by atoms with Crippen LogP contribution < -0.4 is 26.3 Å². The molecule has 1 aliphatic rings. The zero-order valence-electron chi connectivity index (χ0n) is 20.5. The number of nitrogens with one attached hydrogen (secondary N) is 3. The van der Waals surface area contributed by atoms with Gasteiger partial charge >= 0.3 is 13.6 Å². The van der Waals surface area contributed by atoms with Crippen molar-refractivity contribution in [1.29, 1.82) is 0 Å². The fourth-order valence-electron chi connectivity index (χ4n) is 3.71. The SMILES string of the molecule is COP(=O)(O)On1c(=O)oc2ccc(Nc3nc(Nc4ccc(C(=O)NC5CCC5)cc4)ncc3C)cc21. The Morgan fingerprint density at radius 1 is 1.16 bits per heavy atom. The Bertz CT molecular complexity index is 1600. The zero-order valence-corrected chi connectivity index (χ0v) is 21.4. The van der Waals surface area contributed by atoms with Gasteiger partial charge in [0.05, 0.1) is 0 Å². The smallest absolute Gasteiger partial charge is 0.405 e. The highest BCUT2D eigenvalue weighted by Gasteiger charge is 2.25. The van der Waals surface area contributed by atoms with Crippen LogP contribution in [0.5, 0.6) is 0 Å². The Kier molecular flexibility index (Phi) is 6.89. The Hall–Kier alpha value is -4.19. The monoisotopic (exact) mass is 540 g/mol. The molecule has 0 bridgehead atoms. The van der Waals surface area contributed by atoms with Crippen LogP contribution in [-0.4, -0.2) is 38.7 Å². The molecule has 2 heterocycles. The minimum absolute atomic E-state index is 0.0891. The molecular formula is C24H25N6O7P. The van der Waals surface area contributed by atoms with Crippen LogP contribution in [0, 0.1) is 6.92 Å². The second-order valence-electron chi connectivity index (χ2n) is 8.73. The largest absolute Gasteiger partial charge is 0.546 e. The molecule has 198 valence electrons. The van der Waals surface area contributed by atoms with E-state index >= 15 is 0 Å². The van der Waals surface area contributed by atoms with Crippen LogP contribution in [-0.2, 0) is 9.09 Å². The predicted molar refractivity (Wildman–Crippen MR) is 139 cm³/mol. The highest BCUT2D eigenvalue weighted by molar-refractivity contribution is 7.47. The minimum atomic E-state index is -4.51. The Morgan fingerprint density at radius 2 is 1.89 bits per heavy atom. The maximum absolute atomic E-state index is 12.3. The molecule has 13 nitrogen and oxygen atoms in total. The number of nitrogens with zero attached hydrogens (tertiary/aromatic N) is 3. The van der Waals surface area contributed by atoms with E-state index in [9.17, 15) is 19.0 Å². The summed E-state index contributed by atoms with van der Waals surface area (Å²) in [6, 6.07) is 11.9. The Balaban J connectivity index is 1.32. The van der Waals surface area contributed by atoms with Gasteiger partial charge in [-0.05, 0) is 68.7 Å². The maximum atomic E-state index is 12.3. The Labute approximate surface area is 216 Å². The summed E-state index contributed by atoms with van der Waals surface area (Å²) in [4.78, 5) is 42.9. The molecule has 38 heavy (non-hydrogen) atoms. The Morgan fingerprint density at radius 3 is 2.58 bits per heavy atom. The lowest BCUT2D eigenvalue weighted by molar-refractivity contribution is 0.0917. The van der Waals surface area contributed by atoms with E-state index < -0.39 is 13.6 Å². The van der Waals surface area contributed by atoms with Gasteiger partial charge in [-0.1, -0.05) is 4.73 Å². The van der Waals surface area contributed by atoms with Gasteiger partial charge < -0.3 is 25.0 Å². The van der Waals surface area contributed by atoms with Crippen LogP contribution in [0.25, 0.3) is 11.1 Å². The fraction of sp³-hybridized carbons (Fsp3) is 0.250.